The Labute approximate surface area is 123 Å². The van der Waals surface area contributed by atoms with Crippen molar-refractivity contribution in [3.05, 3.63) is 41.3 Å². The SMILES string of the molecule is CCOC(=O)c1c(C)nn2c1NCCC2c1cccnc1. The number of esters is 1. The molecule has 0 fully saturated rings. The van der Waals surface area contributed by atoms with Gasteiger partial charge >= 0.3 is 5.97 Å². The number of nitrogens with zero attached hydrogens (tertiary/aromatic N) is 3. The summed E-state index contributed by atoms with van der Waals surface area (Å²) >= 11 is 0. The van der Waals surface area contributed by atoms with E-state index in [-0.39, 0.29) is 12.0 Å². The second kappa shape index (κ2) is 5.55. The van der Waals surface area contributed by atoms with Gasteiger partial charge in [0.1, 0.15) is 11.4 Å². The molecule has 3 heterocycles. The molecule has 3 rings (SSSR count). The molecule has 0 radical (unpaired) electrons. The number of carbonyl (C=O) groups is 1. The van der Waals surface area contributed by atoms with E-state index in [1.807, 2.05) is 29.9 Å². The lowest BCUT2D eigenvalue weighted by atomic mass is 10.0. The predicted octanol–water partition coefficient (Wildman–Crippen LogP) is 2.17. The Balaban J connectivity index is 2.04. The van der Waals surface area contributed by atoms with Crippen molar-refractivity contribution in [2.75, 3.05) is 18.5 Å². The minimum atomic E-state index is -0.324. The maximum Gasteiger partial charge on any atom is 0.343 e. The molecule has 0 saturated carbocycles. The molecule has 1 atom stereocenters. The molecular formula is C15H18N4O2. The van der Waals surface area contributed by atoms with Crippen LogP contribution in [0, 0.1) is 6.92 Å². The summed E-state index contributed by atoms with van der Waals surface area (Å²) in [5.74, 6) is 0.418. The molecule has 21 heavy (non-hydrogen) atoms. The van der Waals surface area contributed by atoms with Crippen molar-refractivity contribution < 1.29 is 9.53 Å². The van der Waals surface area contributed by atoms with Crippen LogP contribution >= 0.6 is 0 Å². The van der Waals surface area contributed by atoms with Gasteiger partial charge < -0.3 is 10.1 Å². The maximum absolute atomic E-state index is 12.1. The Morgan fingerprint density at radius 3 is 3.14 bits per heavy atom. The molecule has 6 heteroatoms. The first-order chi connectivity index (χ1) is 10.2. The number of pyridine rings is 1. The van der Waals surface area contributed by atoms with Gasteiger partial charge in [0.2, 0.25) is 0 Å². The van der Waals surface area contributed by atoms with Gasteiger partial charge in [-0.15, -0.1) is 0 Å². The number of carbonyl (C=O) groups excluding carboxylic acids is 1. The summed E-state index contributed by atoms with van der Waals surface area (Å²) < 4.78 is 7.01. The van der Waals surface area contributed by atoms with Crippen LogP contribution in [-0.4, -0.2) is 33.9 Å². The number of anilines is 1. The van der Waals surface area contributed by atoms with Gasteiger partial charge in [0.25, 0.3) is 0 Å². The van der Waals surface area contributed by atoms with Crippen LogP contribution in [-0.2, 0) is 4.74 Å². The van der Waals surface area contributed by atoms with Gasteiger partial charge in [-0.05, 0) is 31.9 Å². The normalized spacial score (nSPS) is 17.0. The van der Waals surface area contributed by atoms with Crippen molar-refractivity contribution in [1.29, 1.82) is 0 Å². The largest absolute Gasteiger partial charge is 0.462 e. The zero-order valence-electron chi connectivity index (χ0n) is 12.2. The standard InChI is InChI=1S/C15H18N4O2/c1-3-21-15(20)13-10(2)18-19-12(6-8-17-14(13)19)11-5-4-7-16-9-11/h4-5,7,9,12,17H,3,6,8H2,1-2H3. The number of hydrogen-bond donors (Lipinski definition) is 1. The Morgan fingerprint density at radius 2 is 2.43 bits per heavy atom. The van der Waals surface area contributed by atoms with E-state index in [9.17, 15) is 4.79 Å². The van der Waals surface area contributed by atoms with Crippen LogP contribution in [0.3, 0.4) is 0 Å². The first-order valence-corrected chi connectivity index (χ1v) is 7.12. The third kappa shape index (κ3) is 2.37. The van der Waals surface area contributed by atoms with Gasteiger partial charge in [-0.3, -0.25) is 4.98 Å². The highest BCUT2D eigenvalue weighted by atomic mass is 16.5. The van der Waals surface area contributed by atoms with E-state index in [2.05, 4.69) is 15.4 Å². The molecule has 0 saturated heterocycles. The molecule has 1 aliphatic heterocycles. The highest BCUT2D eigenvalue weighted by Gasteiger charge is 2.29. The molecule has 0 aromatic carbocycles. The smallest absolute Gasteiger partial charge is 0.343 e. The molecular weight excluding hydrogens is 268 g/mol. The molecule has 110 valence electrons. The van der Waals surface area contributed by atoms with E-state index in [1.165, 1.54) is 0 Å². The molecule has 0 aliphatic carbocycles. The van der Waals surface area contributed by atoms with Crippen LogP contribution in [0.5, 0.6) is 0 Å². The number of rotatable bonds is 3. The molecule has 0 bridgehead atoms. The topological polar surface area (TPSA) is 69.0 Å². The first kappa shape index (κ1) is 13.6. The first-order valence-electron chi connectivity index (χ1n) is 7.12. The van der Waals surface area contributed by atoms with Crippen LogP contribution in [0.25, 0.3) is 0 Å². The van der Waals surface area contributed by atoms with Gasteiger partial charge in [0.05, 0.1) is 18.3 Å². The van der Waals surface area contributed by atoms with Gasteiger partial charge in [-0.2, -0.15) is 5.10 Å². The predicted molar refractivity (Wildman–Crippen MR) is 78.4 cm³/mol. The van der Waals surface area contributed by atoms with Gasteiger partial charge in [0.15, 0.2) is 0 Å². The minimum absolute atomic E-state index is 0.0943. The molecule has 0 spiro atoms. The summed E-state index contributed by atoms with van der Waals surface area (Å²) in [4.78, 5) is 16.3. The summed E-state index contributed by atoms with van der Waals surface area (Å²) in [5, 5.41) is 7.81. The van der Waals surface area contributed by atoms with E-state index < -0.39 is 0 Å². The summed E-state index contributed by atoms with van der Waals surface area (Å²) in [6.07, 6.45) is 4.51. The summed E-state index contributed by atoms with van der Waals surface area (Å²) in [6.45, 7) is 4.78. The molecule has 1 aliphatic rings. The highest BCUT2D eigenvalue weighted by Crippen LogP contribution is 2.32. The lowest BCUT2D eigenvalue weighted by Gasteiger charge is -2.26. The van der Waals surface area contributed by atoms with Crippen molar-refractivity contribution in [3.8, 4) is 0 Å². The second-order valence-electron chi connectivity index (χ2n) is 4.99. The van der Waals surface area contributed by atoms with Crippen LogP contribution in [0.1, 0.15) is 41.0 Å². The second-order valence-corrected chi connectivity index (χ2v) is 4.99. The summed E-state index contributed by atoms with van der Waals surface area (Å²) in [5.41, 5.74) is 2.32. The average Bonchev–Trinajstić information content (AvgIpc) is 2.84. The van der Waals surface area contributed by atoms with Crippen molar-refractivity contribution in [2.45, 2.75) is 26.3 Å². The third-order valence-corrected chi connectivity index (χ3v) is 3.64. The molecule has 1 N–H and O–H groups in total. The zero-order valence-corrected chi connectivity index (χ0v) is 12.2. The van der Waals surface area contributed by atoms with Crippen molar-refractivity contribution >= 4 is 11.8 Å². The molecule has 6 nitrogen and oxygen atoms in total. The van der Waals surface area contributed by atoms with E-state index >= 15 is 0 Å². The lowest BCUT2D eigenvalue weighted by Crippen LogP contribution is -2.25. The average molecular weight is 286 g/mol. The van der Waals surface area contributed by atoms with Crippen LogP contribution in [0.15, 0.2) is 24.5 Å². The number of aryl methyl sites for hydroxylation is 1. The Hall–Kier alpha value is -2.37. The van der Waals surface area contributed by atoms with Crippen LogP contribution < -0.4 is 5.32 Å². The van der Waals surface area contributed by atoms with Crippen LogP contribution in [0.4, 0.5) is 5.82 Å². The quantitative estimate of drug-likeness (QED) is 0.876. The van der Waals surface area contributed by atoms with E-state index in [0.717, 1.165) is 24.3 Å². The Bertz CT molecular complexity index is 651. The number of fused-ring (bicyclic) bond motifs is 1. The minimum Gasteiger partial charge on any atom is -0.462 e. The zero-order chi connectivity index (χ0) is 14.8. The van der Waals surface area contributed by atoms with Gasteiger partial charge in [-0.25, -0.2) is 9.48 Å². The van der Waals surface area contributed by atoms with Gasteiger partial charge in [0, 0.05) is 18.9 Å². The lowest BCUT2D eigenvalue weighted by molar-refractivity contribution is 0.0526. The Kier molecular flexibility index (Phi) is 3.60. The number of ether oxygens (including phenoxy) is 1. The highest BCUT2D eigenvalue weighted by molar-refractivity contribution is 5.96. The fourth-order valence-electron chi connectivity index (χ4n) is 2.72. The molecule has 0 amide bonds. The Morgan fingerprint density at radius 1 is 1.57 bits per heavy atom. The summed E-state index contributed by atoms with van der Waals surface area (Å²) in [6, 6.07) is 4.05. The van der Waals surface area contributed by atoms with Crippen molar-refractivity contribution in [3.63, 3.8) is 0 Å². The van der Waals surface area contributed by atoms with Crippen molar-refractivity contribution in [2.24, 2.45) is 0 Å². The van der Waals surface area contributed by atoms with Crippen molar-refractivity contribution in [1.82, 2.24) is 14.8 Å². The maximum atomic E-state index is 12.1. The van der Waals surface area contributed by atoms with E-state index in [1.54, 1.807) is 13.1 Å². The van der Waals surface area contributed by atoms with E-state index in [4.69, 9.17) is 4.74 Å². The third-order valence-electron chi connectivity index (χ3n) is 3.64. The number of aromatic nitrogens is 3. The fourth-order valence-corrected chi connectivity index (χ4v) is 2.72. The molecule has 1 unspecified atom stereocenters. The molecule has 2 aromatic rings. The van der Waals surface area contributed by atoms with Crippen LogP contribution in [0.2, 0.25) is 0 Å². The fraction of sp³-hybridized carbons (Fsp3) is 0.400. The van der Waals surface area contributed by atoms with E-state index in [0.29, 0.717) is 17.9 Å². The number of hydrogen-bond acceptors (Lipinski definition) is 5. The van der Waals surface area contributed by atoms with Gasteiger partial charge in [-0.1, -0.05) is 6.07 Å². The molecule has 2 aromatic heterocycles. The summed E-state index contributed by atoms with van der Waals surface area (Å²) in [7, 11) is 0. The monoisotopic (exact) mass is 286 g/mol. The number of nitrogens with one attached hydrogen (secondary N) is 1.